The molecule has 0 unspecified atom stereocenters. The second kappa shape index (κ2) is 7.44. The minimum atomic E-state index is 0.477. The van der Waals surface area contributed by atoms with E-state index < -0.39 is 0 Å². The topological polar surface area (TPSA) is 30.7 Å². The lowest BCUT2D eigenvalue weighted by molar-refractivity contribution is 0.828. The van der Waals surface area contributed by atoms with Crippen LogP contribution in [0.4, 0.5) is 0 Å². The van der Waals surface area contributed by atoms with Crippen molar-refractivity contribution in [2.45, 2.75) is 29.9 Å². The number of thioether (sulfide) groups is 1. The third-order valence-electron chi connectivity index (χ3n) is 3.01. The smallest absolute Gasteiger partial charge is 0.184 e. The van der Waals surface area contributed by atoms with Crippen LogP contribution in [0, 0.1) is 3.95 Å². The average molecular weight is 400 g/mol. The predicted octanol–water partition coefficient (Wildman–Crippen LogP) is 6.19. The van der Waals surface area contributed by atoms with Crippen molar-refractivity contribution in [3.05, 3.63) is 49.3 Å². The van der Waals surface area contributed by atoms with Crippen LogP contribution in [0.2, 0.25) is 5.02 Å². The summed E-state index contributed by atoms with van der Waals surface area (Å²) < 4.78 is 3.46. The van der Waals surface area contributed by atoms with Gasteiger partial charge in [0.25, 0.3) is 0 Å². The van der Waals surface area contributed by atoms with Crippen molar-refractivity contribution in [2.24, 2.45) is 0 Å². The molecule has 0 aliphatic heterocycles. The van der Waals surface area contributed by atoms with Gasteiger partial charge in [0, 0.05) is 22.1 Å². The molecule has 0 amide bonds. The minimum absolute atomic E-state index is 0.477. The van der Waals surface area contributed by atoms with E-state index in [0.717, 1.165) is 25.4 Å². The van der Waals surface area contributed by atoms with Crippen LogP contribution >= 0.6 is 58.3 Å². The number of rotatable bonds is 5. The molecule has 8 heteroatoms. The monoisotopic (exact) mass is 399 g/mol. The van der Waals surface area contributed by atoms with E-state index in [1.54, 1.807) is 27.8 Å². The zero-order valence-corrected chi connectivity index (χ0v) is 16.5. The SMILES string of the molecule is CC(C)c1nc(CSc2nn(-c3ccc(Cl)cc3)c(=S)s2)cs1. The molecule has 0 aliphatic rings. The Labute approximate surface area is 157 Å². The summed E-state index contributed by atoms with van der Waals surface area (Å²) in [7, 11) is 0. The molecule has 0 saturated heterocycles. The summed E-state index contributed by atoms with van der Waals surface area (Å²) in [6.45, 7) is 4.32. The molecule has 0 atom stereocenters. The van der Waals surface area contributed by atoms with E-state index in [1.165, 1.54) is 16.3 Å². The summed E-state index contributed by atoms with van der Waals surface area (Å²) in [6.07, 6.45) is 0. The van der Waals surface area contributed by atoms with Crippen molar-refractivity contribution in [3.8, 4) is 5.69 Å². The lowest BCUT2D eigenvalue weighted by Crippen LogP contribution is -1.95. The fourth-order valence-corrected chi connectivity index (χ4v) is 5.17. The fourth-order valence-electron chi connectivity index (χ4n) is 1.85. The highest BCUT2D eigenvalue weighted by Crippen LogP contribution is 2.29. The van der Waals surface area contributed by atoms with Crippen LogP contribution in [0.5, 0.6) is 0 Å². The predicted molar refractivity (Wildman–Crippen MR) is 103 cm³/mol. The summed E-state index contributed by atoms with van der Waals surface area (Å²) in [4.78, 5) is 4.65. The normalized spacial score (nSPS) is 11.3. The molecule has 2 heterocycles. The summed E-state index contributed by atoms with van der Waals surface area (Å²) in [5, 5.41) is 8.60. The number of aromatic nitrogens is 3. The molecule has 3 nitrogen and oxygen atoms in total. The molecule has 3 rings (SSSR count). The van der Waals surface area contributed by atoms with Crippen LogP contribution in [0.3, 0.4) is 0 Å². The maximum Gasteiger partial charge on any atom is 0.184 e. The molecule has 0 spiro atoms. The molecule has 120 valence electrons. The molecular weight excluding hydrogens is 386 g/mol. The van der Waals surface area contributed by atoms with Gasteiger partial charge in [0.2, 0.25) is 0 Å². The molecule has 0 fully saturated rings. The Morgan fingerprint density at radius 2 is 2.04 bits per heavy atom. The van der Waals surface area contributed by atoms with Gasteiger partial charge < -0.3 is 0 Å². The highest BCUT2D eigenvalue weighted by molar-refractivity contribution is 8.00. The first-order valence-corrected chi connectivity index (χ1v) is 10.4. The van der Waals surface area contributed by atoms with E-state index in [1.807, 2.05) is 24.3 Å². The van der Waals surface area contributed by atoms with Gasteiger partial charge in [0.05, 0.1) is 16.4 Å². The van der Waals surface area contributed by atoms with Crippen LogP contribution < -0.4 is 0 Å². The second-order valence-electron chi connectivity index (χ2n) is 5.14. The summed E-state index contributed by atoms with van der Waals surface area (Å²) in [5.41, 5.74) is 2.03. The van der Waals surface area contributed by atoms with Gasteiger partial charge in [-0.25, -0.2) is 9.67 Å². The zero-order chi connectivity index (χ0) is 16.4. The van der Waals surface area contributed by atoms with Crippen molar-refractivity contribution in [2.75, 3.05) is 0 Å². The lowest BCUT2D eigenvalue weighted by Gasteiger charge is -2.00. The van der Waals surface area contributed by atoms with E-state index >= 15 is 0 Å². The summed E-state index contributed by atoms with van der Waals surface area (Å²) in [5.74, 6) is 1.29. The van der Waals surface area contributed by atoms with Crippen LogP contribution in [0.1, 0.15) is 30.5 Å². The Morgan fingerprint density at radius 3 is 2.70 bits per heavy atom. The standard InChI is InChI=1S/C15H14ClN3S4/c1-9(2)13-17-11(7-21-13)8-22-14-18-19(15(20)23-14)12-5-3-10(16)4-6-12/h3-7,9H,8H2,1-2H3. The Morgan fingerprint density at radius 1 is 1.30 bits per heavy atom. The summed E-state index contributed by atoms with van der Waals surface area (Å²) in [6, 6.07) is 7.52. The molecular formula is C15H14ClN3S4. The van der Waals surface area contributed by atoms with E-state index in [9.17, 15) is 0 Å². The fraction of sp³-hybridized carbons (Fsp3) is 0.267. The van der Waals surface area contributed by atoms with Gasteiger partial charge in [-0.1, -0.05) is 48.5 Å². The third-order valence-corrected chi connectivity index (χ3v) is 6.85. The van der Waals surface area contributed by atoms with Gasteiger partial charge in [-0.2, -0.15) is 0 Å². The number of hydrogen-bond acceptors (Lipinski definition) is 6. The Balaban J connectivity index is 1.73. The highest BCUT2D eigenvalue weighted by atomic mass is 35.5. The van der Waals surface area contributed by atoms with E-state index in [-0.39, 0.29) is 0 Å². The molecule has 0 radical (unpaired) electrons. The number of halogens is 1. The van der Waals surface area contributed by atoms with E-state index in [2.05, 4.69) is 29.3 Å². The largest absolute Gasteiger partial charge is 0.245 e. The minimum Gasteiger partial charge on any atom is -0.245 e. The first-order chi connectivity index (χ1) is 11.0. The van der Waals surface area contributed by atoms with Gasteiger partial charge in [-0.05, 0) is 36.5 Å². The van der Waals surface area contributed by atoms with Gasteiger partial charge in [-0.3, -0.25) is 0 Å². The number of hydrogen-bond donors (Lipinski definition) is 0. The molecule has 1 aromatic carbocycles. The lowest BCUT2D eigenvalue weighted by atomic mass is 10.2. The average Bonchev–Trinajstić information content (AvgIpc) is 3.13. The number of thiazole rings is 1. The summed E-state index contributed by atoms with van der Waals surface area (Å²) >= 11 is 16.2. The van der Waals surface area contributed by atoms with Crippen molar-refractivity contribution < 1.29 is 0 Å². The van der Waals surface area contributed by atoms with Crippen molar-refractivity contribution in [3.63, 3.8) is 0 Å². The molecule has 0 N–H and O–H groups in total. The Bertz CT molecular complexity index is 848. The van der Waals surface area contributed by atoms with Gasteiger partial charge >= 0.3 is 0 Å². The first kappa shape index (κ1) is 17.1. The van der Waals surface area contributed by atoms with Gasteiger partial charge in [0.1, 0.15) is 0 Å². The van der Waals surface area contributed by atoms with Crippen molar-refractivity contribution in [1.29, 1.82) is 0 Å². The molecule has 0 saturated carbocycles. The third kappa shape index (κ3) is 4.22. The van der Waals surface area contributed by atoms with Crippen molar-refractivity contribution >= 4 is 58.3 Å². The molecule has 0 aliphatic carbocycles. The molecule has 3 aromatic rings. The van der Waals surface area contributed by atoms with E-state index in [4.69, 9.17) is 23.8 Å². The Hall–Kier alpha value is -0.730. The second-order valence-corrected chi connectivity index (χ2v) is 9.31. The van der Waals surface area contributed by atoms with Crippen LogP contribution in [-0.2, 0) is 5.75 Å². The maximum atomic E-state index is 5.92. The number of benzene rings is 1. The highest BCUT2D eigenvalue weighted by Gasteiger charge is 2.10. The molecule has 0 bridgehead atoms. The van der Waals surface area contributed by atoms with Gasteiger partial charge in [-0.15, -0.1) is 16.4 Å². The molecule has 2 aromatic heterocycles. The maximum absolute atomic E-state index is 5.92. The first-order valence-electron chi connectivity index (χ1n) is 6.96. The van der Waals surface area contributed by atoms with Crippen molar-refractivity contribution in [1.82, 2.24) is 14.8 Å². The molecule has 23 heavy (non-hydrogen) atoms. The number of nitrogens with zero attached hydrogens (tertiary/aromatic N) is 3. The van der Waals surface area contributed by atoms with Crippen LogP contribution in [0.25, 0.3) is 5.69 Å². The van der Waals surface area contributed by atoms with E-state index in [0.29, 0.717) is 10.9 Å². The quantitative estimate of drug-likeness (QED) is 0.378. The van der Waals surface area contributed by atoms with Crippen LogP contribution in [-0.4, -0.2) is 14.8 Å². The van der Waals surface area contributed by atoms with Gasteiger partial charge in [0.15, 0.2) is 8.29 Å². The zero-order valence-electron chi connectivity index (χ0n) is 12.5. The van der Waals surface area contributed by atoms with Crippen LogP contribution in [0.15, 0.2) is 34.0 Å². The Kier molecular flexibility index (Phi) is 5.53.